The van der Waals surface area contributed by atoms with Crippen LogP contribution < -0.4 is 11.1 Å². The lowest BCUT2D eigenvalue weighted by molar-refractivity contribution is -0.132. The lowest BCUT2D eigenvalue weighted by Crippen LogP contribution is -2.42. The molecule has 0 aliphatic carbocycles. The van der Waals surface area contributed by atoms with E-state index in [0.717, 1.165) is 18.4 Å². The lowest BCUT2D eigenvalue weighted by Gasteiger charge is -2.26. The summed E-state index contributed by atoms with van der Waals surface area (Å²) in [6, 6.07) is 16.0. The molecule has 3 aromatic rings. The molecule has 3 N–H and O–H groups in total. The molecule has 8 heteroatoms. The highest BCUT2D eigenvalue weighted by Crippen LogP contribution is 2.21. The molecule has 31 heavy (non-hydrogen) atoms. The number of hydrogen-bond acceptors (Lipinski definition) is 6. The molecule has 0 bridgehead atoms. The number of carbonyl (C=O) groups is 1. The Morgan fingerprint density at radius 3 is 2.81 bits per heavy atom. The largest absolute Gasteiger partial charge is 0.338 e. The first kappa shape index (κ1) is 21.0. The van der Waals surface area contributed by atoms with E-state index in [1.54, 1.807) is 18.2 Å². The van der Waals surface area contributed by atoms with Crippen molar-refractivity contribution in [1.82, 2.24) is 15.0 Å². The van der Waals surface area contributed by atoms with Crippen LogP contribution in [0.2, 0.25) is 0 Å². The molecule has 0 saturated carbocycles. The Balaban J connectivity index is 1.30. The Hall–Kier alpha value is -3.26. The minimum Gasteiger partial charge on any atom is -0.338 e. The normalized spacial score (nSPS) is 17.0. The third kappa shape index (κ3) is 5.27. The van der Waals surface area contributed by atoms with Crippen molar-refractivity contribution < 1.29 is 13.7 Å². The zero-order valence-corrected chi connectivity index (χ0v) is 17.2. The van der Waals surface area contributed by atoms with Gasteiger partial charge in [0.15, 0.2) is 0 Å². The number of nitrogens with zero attached hydrogens (tertiary/aromatic N) is 3. The summed E-state index contributed by atoms with van der Waals surface area (Å²) in [5.41, 5.74) is 7.56. The van der Waals surface area contributed by atoms with Crippen LogP contribution in [-0.2, 0) is 11.2 Å². The van der Waals surface area contributed by atoms with Crippen molar-refractivity contribution in [3.63, 3.8) is 0 Å². The predicted octanol–water partition coefficient (Wildman–Crippen LogP) is 3.24. The van der Waals surface area contributed by atoms with Gasteiger partial charge in [-0.25, -0.2) is 4.39 Å². The number of rotatable bonds is 8. The van der Waals surface area contributed by atoms with Gasteiger partial charge in [0.1, 0.15) is 5.82 Å². The molecule has 0 radical (unpaired) electrons. The highest BCUT2D eigenvalue weighted by molar-refractivity contribution is 5.77. The Kier molecular flexibility index (Phi) is 6.57. The van der Waals surface area contributed by atoms with E-state index in [0.29, 0.717) is 36.9 Å². The maximum Gasteiger partial charge on any atom is 0.321 e. The standard InChI is InChI=1S/C23H26FN5O2/c24-20-11-5-4-9-17(20)13-18(25)14-21(30)29-12-6-10-19(29)15-26-23-27-22(28-31-23)16-7-2-1-3-8-16/h1-5,7-9,11,18-19H,6,10,12-15,25H2,(H,26,27,28)/t18-,19+/m1/s1. The first-order valence-corrected chi connectivity index (χ1v) is 10.5. The van der Waals surface area contributed by atoms with E-state index in [1.807, 2.05) is 35.2 Å². The number of amides is 1. The van der Waals surface area contributed by atoms with Gasteiger partial charge in [0.2, 0.25) is 11.7 Å². The second kappa shape index (κ2) is 9.70. The number of anilines is 1. The van der Waals surface area contributed by atoms with Gasteiger partial charge in [-0.05, 0) is 30.9 Å². The van der Waals surface area contributed by atoms with Gasteiger partial charge in [-0.1, -0.05) is 53.7 Å². The molecule has 1 aromatic heterocycles. The molecule has 1 aliphatic rings. The minimum atomic E-state index is -0.428. The Bertz CT molecular complexity index is 1010. The fourth-order valence-corrected chi connectivity index (χ4v) is 3.94. The van der Waals surface area contributed by atoms with E-state index in [-0.39, 0.29) is 24.2 Å². The molecule has 1 fully saturated rings. The topological polar surface area (TPSA) is 97.3 Å². The van der Waals surface area contributed by atoms with Crippen LogP contribution >= 0.6 is 0 Å². The van der Waals surface area contributed by atoms with Crippen LogP contribution in [0.3, 0.4) is 0 Å². The van der Waals surface area contributed by atoms with Crippen LogP contribution in [0.1, 0.15) is 24.8 Å². The number of nitrogens with one attached hydrogen (secondary N) is 1. The summed E-state index contributed by atoms with van der Waals surface area (Å²) in [4.78, 5) is 19.0. The highest BCUT2D eigenvalue weighted by Gasteiger charge is 2.29. The van der Waals surface area contributed by atoms with Gasteiger partial charge in [-0.3, -0.25) is 4.79 Å². The summed E-state index contributed by atoms with van der Waals surface area (Å²) in [6.07, 6.45) is 2.34. The zero-order chi connectivity index (χ0) is 21.6. The highest BCUT2D eigenvalue weighted by atomic mass is 19.1. The molecule has 162 valence electrons. The first-order chi connectivity index (χ1) is 15.1. The average Bonchev–Trinajstić information content (AvgIpc) is 3.44. The third-order valence-corrected chi connectivity index (χ3v) is 5.52. The number of benzene rings is 2. The van der Waals surface area contributed by atoms with Crippen LogP contribution in [0, 0.1) is 5.82 Å². The molecule has 2 aromatic carbocycles. The Labute approximate surface area is 180 Å². The fourth-order valence-electron chi connectivity index (χ4n) is 3.94. The molecule has 0 spiro atoms. The van der Waals surface area contributed by atoms with Crippen LogP contribution in [0.4, 0.5) is 10.4 Å². The summed E-state index contributed by atoms with van der Waals surface area (Å²) in [5.74, 6) is 0.216. The SMILES string of the molecule is N[C@@H](CC(=O)N1CCC[C@H]1CNc1nc(-c2ccccc2)no1)Cc1ccccc1F. The number of nitrogens with two attached hydrogens (primary N) is 1. The number of halogens is 1. The van der Waals surface area contributed by atoms with Gasteiger partial charge in [0, 0.05) is 37.2 Å². The predicted molar refractivity (Wildman–Crippen MR) is 116 cm³/mol. The van der Waals surface area contributed by atoms with E-state index >= 15 is 0 Å². The smallest absolute Gasteiger partial charge is 0.321 e. The molecule has 2 heterocycles. The molecule has 1 amide bonds. The van der Waals surface area contributed by atoms with E-state index in [9.17, 15) is 9.18 Å². The van der Waals surface area contributed by atoms with E-state index in [4.69, 9.17) is 10.3 Å². The minimum absolute atomic E-state index is 0.0105. The van der Waals surface area contributed by atoms with E-state index < -0.39 is 6.04 Å². The van der Waals surface area contributed by atoms with Gasteiger partial charge in [-0.2, -0.15) is 4.98 Å². The van der Waals surface area contributed by atoms with Crippen molar-refractivity contribution in [2.24, 2.45) is 5.73 Å². The molecular formula is C23H26FN5O2. The lowest BCUT2D eigenvalue weighted by atomic mass is 10.0. The number of aromatic nitrogens is 2. The quantitative estimate of drug-likeness (QED) is 0.577. The first-order valence-electron chi connectivity index (χ1n) is 10.5. The summed E-state index contributed by atoms with van der Waals surface area (Å²) < 4.78 is 19.1. The van der Waals surface area contributed by atoms with Crippen molar-refractivity contribution in [3.05, 3.63) is 66.0 Å². The van der Waals surface area contributed by atoms with Crippen molar-refractivity contribution in [3.8, 4) is 11.4 Å². The van der Waals surface area contributed by atoms with Gasteiger partial charge in [0.25, 0.3) is 0 Å². The van der Waals surface area contributed by atoms with Crippen molar-refractivity contribution in [2.45, 2.75) is 37.8 Å². The van der Waals surface area contributed by atoms with Crippen LogP contribution in [0.15, 0.2) is 59.1 Å². The summed E-state index contributed by atoms with van der Waals surface area (Å²) in [5, 5.41) is 7.14. The van der Waals surface area contributed by atoms with Crippen LogP contribution in [0.25, 0.3) is 11.4 Å². The number of carbonyl (C=O) groups excluding carboxylic acids is 1. The molecule has 4 rings (SSSR count). The van der Waals surface area contributed by atoms with Crippen molar-refractivity contribution in [1.29, 1.82) is 0 Å². The van der Waals surface area contributed by atoms with Crippen molar-refractivity contribution >= 4 is 11.9 Å². The Morgan fingerprint density at radius 2 is 2.00 bits per heavy atom. The molecule has 1 saturated heterocycles. The fraction of sp³-hybridized carbons (Fsp3) is 0.348. The molecular weight excluding hydrogens is 397 g/mol. The maximum absolute atomic E-state index is 13.8. The summed E-state index contributed by atoms with van der Waals surface area (Å²) >= 11 is 0. The van der Waals surface area contributed by atoms with Gasteiger partial charge in [0.05, 0.1) is 0 Å². The molecule has 7 nitrogen and oxygen atoms in total. The maximum atomic E-state index is 13.8. The molecule has 2 atom stereocenters. The van der Waals surface area contributed by atoms with Crippen molar-refractivity contribution in [2.75, 3.05) is 18.4 Å². The Morgan fingerprint density at radius 1 is 1.23 bits per heavy atom. The molecule has 0 unspecified atom stereocenters. The van der Waals surface area contributed by atoms with Gasteiger partial charge in [-0.15, -0.1) is 0 Å². The van der Waals surface area contributed by atoms with Gasteiger partial charge < -0.3 is 20.5 Å². The molecule has 1 aliphatic heterocycles. The number of hydrogen-bond donors (Lipinski definition) is 2. The summed E-state index contributed by atoms with van der Waals surface area (Å²) in [7, 11) is 0. The van der Waals surface area contributed by atoms with E-state index in [2.05, 4.69) is 15.5 Å². The second-order valence-corrected chi connectivity index (χ2v) is 7.81. The van der Waals surface area contributed by atoms with Crippen LogP contribution in [-0.4, -0.2) is 46.1 Å². The summed E-state index contributed by atoms with van der Waals surface area (Å²) in [6.45, 7) is 1.21. The van der Waals surface area contributed by atoms with Gasteiger partial charge >= 0.3 is 6.01 Å². The van der Waals surface area contributed by atoms with E-state index in [1.165, 1.54) is 6.07 Å². The zero-order valence-electron chi connectivity index (χ0n) is 17.2. The second-order valence-electron chi connectivity index (χ2n) is 7.81. The average molecular weight is 423 g/mol. The van der Waals surface area contributed by atoms with Crippen LogP contribution in [0.5, 0.6) is 0 Å². The third-order valence-electron chi connectivity index (χ3n) is 5.52. The number of likely N-dealkylation sites (tertiary alicyclic amines) is 1. The monoisotopic (exact) mass is 423 g/mol.